The van der Waals surface area contributed by atoms with Crippen LogP contribution in [-0.4, -0.2) is 40.6 Å². The van der Waals surface area contributed by atoms with Crippen molar-refractivity contribution in [3.8, 4) is 0 Å². The molecule has 0 heterocycles. The van der Waals surface area contributed by atoms with E-state index in [0.717, 1.165) is 6.42 Å². The molecule has 0 aliphatic carbocycles. The van der Waals surface area contributed by atoms with Gasteiger partial charge in [0.25, 0.3) is 0 Å². The number of nitrogens with one attached hydrogen (secondary N) is 1. The Bertz CT molecular complexity index is 236. The molecule has 16 heavy (non-hydrogen) atoms. The number of carbonyl (C=O) groups excluding carboxylic acids is 1. The number of thioether (sulfide) groups is 1. The fourth-order valence-corrected chi connectivity index (χ4v) is 1.94. The Labute approximate surface area is 100 Å². The van der Waals surface area contributed by atoms with Crippen molar-refractivity contribution in [2.75, 3.05) is 12.3 Å². The van der Waals surface area contributed by atoms with Gasteiger partial charge in [0.2, 0.25) is 5.91 Å². The van der Waals surface area contributed by atoms with Gasteiger partial charge in [-0.3, -0.25) is 9.59 Å². The number of carboxylic acid groups (broad SMARTS) is 1. The molecule has 0 bridgehead atoms. The minimum absolute atomic E-state index is 0.00394. The van der Waals surface area contributed by atoms with Crippen LogP contribution < -0.4 is 11.1 Å². The lowest BCUT2D eigenvalue weighted by Gasteiger charge is -2.12. The summed E-state index contributed by atoms with van der Waals surface area (Å²) >= 11 is 1.43. The molecule has 2 unspecified atom stereocenters. The van der Waals surface area contributed by atoms with E-state index in [1.165, 1.54) is 11.8 Å². The van der Waals surface area contributed by atoms with Gasteiger partial charge in [-0.05, 0) is 25.5 Å². The Morgan fingerprint density at radius 1 is 1.50 bits per heavy atom. The highest BCUT2D eigenvalue weighted by atomic mass is 32.2. The second-order valence-electron chi connectivity index (χ2n) is 3.54. The maximum Gasteiger partial charge on any atom is 0.320 e. The Morgan fingerprint density at radius 2 is 2.12 bits per heavy atom. The molecule has 0 aromatic heterocycles. The summed E-state index contributed by atoms with van der Waals surface area (Å²) in [6.07, 6.45) is 1.29. The van der Waals surface area contributed by atoms with E-state index in [-0.39, 0.29) is 11.2 Å². The van der Waals surface area contributed by atoms with Gasteiger partial charge < -0.3 is 16.2 Å². The van der Waals surface area contributed by atoms with E-state index in [1.807, 2.05) is 13.8 Å². The quantitative estimate of drug-likeness (QED) is 0.579. The molecule has 1 amide bonds. The van der Waals surface area contributed by atoms with Crippen LogP contribution in [0.25, 0.3) is 0 Å². The predicted octanol–water partition coefficient (Wildman–Crippen LogP) is 0.436. The third kappa shape index (κ3) is 6.68. The number of hydrogen-bond acceptors (Lipinski definition) is 4. The summed E-state index contributed by atoms with van der Waals surface area (Å²) in [6.45, 7) is 4.48. The lowest BCUT2D eigenvalue weighted by molar-refractivity contribution is -0.138. The Kier molecular flexibility index (Phi) is 8.01. The summed E-state index contributed by atoms with van der Waals surface area (Å²) < 4.78 is 0. The molecule has 0 aromatic carbocycles. The summed E-state index contributed by atoms with van der Waals surface area (Å²) in [6, 6.07) is -0.835. The molecule has 4 N–H and O–H groups in total. The van der Waals surface area contributed by atoms with Crippen molar-refractivity contribution in [1.29, 1.82) is 0 Å². The molecule has 0 spiro atoms. The molecule has 0 fully saturated rings. The van der Waals surface area contributed by atoms with Crippen LogP contribution in [0.3, 0.4) is 0 Å². The van der Waals surface area contributed by atoms with E-state index >= 15 is 0 Å². The number of hydrogen-bond donors (Lipinski definition) is 3. The summed E-state index contributed by atoms with van der Waals surface area (Å²) in [7, 11) is 0. The van der Waals surface area contributed by atoms with Crippen molar-refractivity contribution in [1.82, 2.24) is 5.32 Å². The molecule has 0 saturated heterocycles. The van der Waals surface area contributed by atoms with E-state index in [2.05, 4.69) is 5.32 Å². The molecule has 0 aromatic rings. The fourth-order valence-electron chi connectivity index (χ4n) is 0.963. The summed E-state index contributed by atoms with van der Waals surface area (Å²) in [5, 5.41) is 11.2. The highest BCUT2D eigenvalue weighted by Gasteiger charge is 2.15. The third-order valence-electron chi connectivity index (χ3n) is 2.03. The van der Waals surface area contributed by atoms with E-state index in [9.17, 15) is 9.59 Å². The molecule has 0 radical (unpaired) electrons. The number of rotatable bonds is 8. The number of carboxylic acids is 1. The van der Waals surface area contributed by atoms with Crippen molar-refractivity contribution in [3.05, 3.63) is 0 Å². The minimum Gasteiger partial charge on any atom is -0.480 e. The van der Waals surface area contributed by atoms with Crippen LogP contribution in [0.4, 0.5) is 0 Å². The summed E-state index contributed by atoms with van der Waals surface area (Å²) in [4.78, 5) is 21.9. The van der Waals surface area contributed by atoms with E-state index in [0.29, 0.717) is 18.7 Å². The Balaban J connectivity index is 3.68. The normalized spacial score (nSPS) is 14.2. The molecular weight excluding hydrogens is 228 g/mol. The van der Waals surface area contributed by atoms with E-state index < -0.39 is 12.0 Å². The summed E-state index contributed by atoms with van der Waals surface area (Å²) in [5.41, 5.74) is 5.35. The highest BCUT2D eigenvalue weighted by molar-refractivity contribution is 8.00. The van der Waals surface area contributed by atoms with Crippen molar-refractivity contribution >= 4 is 23.6 Å². The van der Waals surface area contributed by atoms with Crippen LogP contribution >= 0.6 is 11.8 Å². The molecule has 5 nitrogen and oxygen atoms in total. The second kappa shape index (κ2) is 8.41. The number of aliphatic carboxylic acids is 1. The van der Waals surface area contributed by atoms with Gasteiger partial charge in [0.1, 0.15) is 6.04 Å². The fraction of sp³-hybridized carbons (Fsp3) is 0.800. The van der Waals surface area contributed by atoms with Crippen molar-refractivity contribution < 1.29 is 14.7 Å². The largest absolute Gasteiger partial charge is 0.480 e. The van der Waals surface area contributed by atoms with Gasteiger partial charge in [0.05, 0.1) is 5.25 Å². The lowest BCUT2D eigenvalue weighted by atomic mass is 10.2. The molecule has 0 rings (SSSR count). The third-order valence-corrected chi connectivity index (χ3v) is 3.22. The highest BCUT2D eigenvalue weighted by Crippen LogP contribution is 2.12. The van der Waals surface area contributed by atoms with Crippen LogP contribution in [0.15, 0.2) is 0 Å². The van der Waals surface area contributed by atoms with Gasteiger partial charge in [0, 0.05) is 6.54 Å². The standard InChI is InChI=1S/C10H20N2O3S/c1-3-5-12-9(13)7(2)16-6-4-8(11)10(14)15/h7-8H,3-6,11H2,1-2H3,(H,12,13)(H,14,15). The topological polar surface area (TPSA) is 92.4 Å². The van der Waals surface area contributed by atoms with Crippen LogP contribution in [-0.2, 0) is 9.59 Å². The molecule has 2 atom stereocenters. The van der Waals surface area contributed by atoms with Crippen LogP contribution in [0.5, 0.6) is 0 Å². The summed E-state index contributed by atoms with van der Waals surface area (Å²) in [5.74, 6) is -0.423. The zero-order valence-electron chi connectivity index (χ0n) is 9.73. The van der Waals surface area contributed by atoms with Crippen LogP contribution in [0.2, 0.25) is 0 Å². The maximum atomic E-state index is 11.4. The Hall–Kier alpha value is -0.750. The van der Waals surface area contributed by atoms with E-state index in [1.54, 1.807) is 0 Å². The predicted molar refractivity (Wildman–Crippen MR) is 65.4 cm³/mol. The van der Waals surface area contributed by atoms with Gasteiger partial charge in [-0.25, -0.2) is 0 Å². The smallest absolute Gasteiger partial charge is 0.320 e. The zero-order chi connectivity index (χ0) is 12.6. The SMILES string of the molecule is CCCNC(=O)C(C)SCCC(N)C(=O)O. The first-order valence-electron chi connectivity index (χ1n) is 5.36. The minimum atomic E-state index is -0.997. The maximum absolute atomic E-state index is 11.4. The average Bonchev–Trinajstić information content (AvgIpc) is 2.25. The Morgan fingerprint density at radius 3 is 2.62 bits per heavy atom. The molecule has 94 valence electrons. The van der Waals surface area contributed by atoms with Crippen molar-refractivity contribution in [3.63, 3.8) is 0 Å². The van der Waals surface area contributed by atoms with E-state index in [4.69, 9.17) is 10.8 Å². The van der Waals surface area contributed by atoms with Gasteiger partial charge in [-0.15, -0.1) is 11.8 Å². The van der Waals surface area contributed by atoms with Gasteiger partial charge in [-0.2, -0.15) is 0 Å². The van der Waals surface area contributed by atoms with Gasteiger partial charge in [0.15, 0.2) is 0 Å². The monoisotopic (exact) mass is 248 g/mol. The first-order chi connectivity index (χ1) is 7.49. The number of nitrogens with two attached hydrogens (primary N) is 1. The van der Waals surface area contributed by atoms with Crippen molar-refractivity contribution in [2.24, 2.45) is 5.73 Å². The molecular formula is C10H20N2O3S. The first kappa shape index (κ1) is 15.2. The second-order valence-corrected chi connectivity index (χ2v) is 4.99. The van der Waals surface area contributed by atoms with Gasteiger partial charge in [-0.1, -0.05) is 6.92 Å². The molecule has 0 aliphatic rings. The van der Waals surface area contributed by atoms with Gasteiger partial charge >= 0.3 is 5.97 Å². The van der Waals surface area contributed by atoms with Crippen molar-refractivity contribution in [2.45, 2.75) is 38.0 Å². The first-order valence-corrected chi connectivity index (χ1v) is 6.41. The number of amides is 1. The zero-order valence-corrected chi connectivity index (χ0v) is 10.5. The van der Waals surface area contributed by atoms with Crippen LogP contribution in [0.1, 0.15) is 26.7 Å². The molecule has 0 saturated carbocycles. The molecule has 6 heteroatoms. The number of carbonyl (C=O) groups is 2. The van der Waals surface area contributed by atoms with Crippen LogP contribution in [0, 0.1) is 0 Å². The lowest BCUT2D eigenvalue weighted by Crippen LogP contribution is -2.33. The average molecular weight is 248 g/mol. The molecule has 0 aliphatic heterocycles.